The van der Waals surface area contributed by atoms with Crippen LogP contribution in [-0.4, -0.2) is 15.7 Å². The minimum absolute atomic E-state index is 0.0659. The fourth-order valence-corrected chi connectivity index (χ4v) is 2.45. The monoisotopic (exact) mass is 323 g/mol. The molecule has 4 nitrogen and oxygen atoms in total. The maximum atomic E-state index is 13.2. The normalized spacial score (nSPS) is 10.6. The van der Waals surface area contributed by atoms with Crippen LogP contribution < -0.4 is 5.32 Å². The first-order valence-corrected chi connectivity index (χ1v) is 7.72. The maximum Gasteiger partial charge on any atom is 0.224 e. The number of aryl methyl sites for hydroxylation is 1. The van der Waals surface area contributed by atoms with Crippen molar-refractivity contribution in [3.63, 3.8) is 0 Å². The van der Waals surface area contributed by atoms with Crippen LogP contribution in [0.2, 0.25) is 0 Å². The molecule has 5 heteroatoms. The summed E-state index contributed by atoms with van der Waals surface area (Å²) < 4.78 is 15.0. The number of rotatable bonds is 5. The topological polar surface area (TPSA) is 46.9 Å². The number of aromatic nitrogens is 2. The Morgan fingerprint density at radius 3 is 2.58 bits per heavy atom. The van der Waals surface area contributed by atoms with Gasteiger partial charge in [-0.1, -0.05) is 24.3 Å². The van der Waals surface area contributed by atoms with E-state index in [1.807, 2.05) is 36.5 Å². The first-order chi connectivity index (χ1) is 11.6. The summed E-state index contributed by atoms with van der Waals surface area (Å²) in [4.78, 5) is 12.0. The highest BCUT2D eigenvalue weighted by atomic mass is 19.1. The number of amides is 1. The summed E-state index contributed by atoms with van der Waals surface area (Å²) >= 11 is 0. The van der Waals surface area contributed by atoms with Gasteiger partial charge < -0.3 is 5.32 Å². The molecule has 0 fully saturated rings. The molecule has 0 saturated carbocycles. The van der Waals surface area contributed by atoms with Gasteiger partial charge in [0.25, 0.3) is 0 Å². The van der Waals surface area contributed by atoms with Gasteiger partial charge in [-0.05, 0) is 47.9 Å². The zero-order valence-corrected chi connectivity index (χ0v) is 13.4. The number of hydrogen-bond donors (Lipinski definition) is 1. The summed E-state index contributed by atoms with van der Waals surface area (Å²) in [6.07, 6.45) is 3.89. The van der Waals surface area contributed by atoms with E-state index in [0.717, 1.165) is 16.8 Å². The lowest BCUT2D eigenvalue weighted by Gasteiger charge is -2.07. The van der Waals surface area contributed by atoms with E-state index in [-0.39, 0.29) is 11.7 Å². The molecule has 2 aromatic carbocycles. The van der Waals surface area contributed by atoms with Crippen LogP contribution in [0, 0.1) is 12.7 Å². The second-order valence-corrected chi connectivity index (χ2v) is 5.65. The molecule has 0 aliphatic carbocycles. The van der Waals surface area contributed by atoms with Gasteiger partial charge >= 0.3 is 0 Å². The Morgan fingerprint density at radius 2 is 1.92 bits per heavy atom. The van der Waals surface area contributed by atoms with Crippen LogP contribution in [-0.2, 0) is 17.8 Å². The molecule has 0 saturated heterocycles. The van der Waals surface area contributed by atoms with Crippen LogP contribution in [0.15, 0.2) is 60.9 Å². The van der Waals surface area contributed by atoms with E-state index in [0.29, 0.717) is 18.5 Å². The number of halogens is 1. The molecule has 0 atom stereocenters. The molecule has 3 rings (SSSR count). The number of nitrogens with zero attached hydrogens (tertiary/aromatic N) is 2. The number of hydrogen-bond acceptors (Lipinski definition) is 2. The molecule has 0 spiro atoms. The standard InChI is InChI=1S/C19H18FN3O/c1-14-11-16(5-8-18(14)20)13-21-19(24)12-15-3-6-17(7-4-15)23-10-2-9-22-23/h2-11H,12-13H2,1H3,(H,21,24). The van der Waals surface area contributed by atoms with Crippen molar-refractivity contribution in [2.45, 2.75) is 19.9 Å². The van der Waals surface area contributed by atoms with Crippen molar-refractivity contribution in [3.8, 4) is 5.69 Å². The number of carbonyl (C=O) groups is 1. The van der Waals surface area contributed by atoms with Crippen LogP contribution >= 0.6 is 0 Å². The fourth-order valence-electron chi connectivity index (χ4n) is 2.45. The second-order valence-electron chi connectivity index (χ2n) is 5.65. The van der Waals surface area contributed by atoms with Gasteiger partial charge in [0.2, 0.25) is 5.91 Å². The molecule has 1 amide bonds. The molecule has 24 heavy (non-hydrogen) atoms. The zero-order chi connectivity index (χ0) is 16.9. The van der Waals surface area contributed by atoms with E-state index in [1.165, 1.54) is 6.07 Å². The molecule has 0 radical (unpaired) electrons. The third-order valence-electron chi connectivity index (χ3n) is 3.78. The molecule has 1 heterocycles. The predicted octanol–water partition coefficient (Wildman–Crippen LogP) is 3.18. The first kappa shape index (κ1) is 15.9. The minimum Gasteiger partial charge on any atom is -0.352 e. The molecular formula is C19H18FN3O. The zero-order valence-electron chi connectivity index (χ0n) is 13.4. The van der Waals surface area contributed by atoms with E-state index in [2.05, 4.69) is 10.4 Å². The average Bonchev–Trinajstić information content (AvgIpc) is 3.11. The number of benzene rings is 2. The van der Waals surface area contributed by atoms with Crippen molar-refractivity contribution in [1.82, 2.24) is 15.1 Å². The fraction of sp³-hybridized carbons (Fsp3) is 0.158. The Hall–Kier alpha value is -2.95. The van der Waals surface area contributed by atoms with Gasteiger partial charge in [0.1, 0.15) is 5.82 Å². The van der Waals surface area contributed by atoms with Gasteiger partial charge in [-0.25, -0.2) is 9.07 Å². The predicted molar refractivity (Wildman–Crippen MR) is 90.3 cm³/mol. The van der Waals surface area contributed by atoms with Crippen molar-refractivity contribution in [3.05, 3.63) is 83.4 Å². The highest BCUT2D eigenvalue weighted by molar-refractivity contribution is 5.78. The van der Waals surface area contributed by atoms with Crippen LogP contribution in [0.4, 0.5) is 4.39 Å². The van der Waals surface area contributed by atoms with Crippen molar-refractivity contribution < 1.29 is 9.18 Å². The van der Waals surface area contributed by atoms with E-state index in [9.17, 15) is 9.18 Å². The third kappa shape index (κ3) is 3.87. The van der Waals surface area contributed by atoms with Gasteiger partial charge in [-0.15, -0.1) is 0 Å². The van der Waals surface area contributed by atoms with Crippen molar-refractivity contribution in [2.75, 3.05) is 0 Å². The Kier molecular flexibility index (Phi) is 4.70. The van der Waals surface area contributed by atoms with Crippen molar-refractivity contribution >= 4 is 5.91 Å². The molecule has 0 bridgehead atoms. The van der Waals surface area contributed by atoms with Gasteiger partial charge in [0, 0.05) is 18.9 Å². The van der Waals surface area contributed by atoms with Crippen LogP contribution in [0.3, 0.4) is 0 Å². The molecule has 1 aromatic heterocycles. The first-order valence-electron chi connectivity index (χ1n) is 7.72. The summed E-state index contributed by atoms with van der Waals surface area (Å²) in [5, 5.41) is 7.02. The second kappa shape index (κ2) is 7.08. The van der Waals surface area contributed by atoms with E-state index < -0.39 is 0 Å². The SMILES string of the molecule is Cc1cc(CNC(=O)Cc2ccc(-n3cccn3)cc2)ccc1F. The van der Waals surface area contributed by atoms with Gasteiger partial charge in [-0.2, -0.15) is 5.10 Å². The van der Waals surface area contributed by atoms with E-state index >= 15 is 0 Å². The molecule has 122 valence electrons. The summed E-state index contributed by atoms with van der Waals surface area (Å²) in [6.45, 7) is 2.10. The lowest BCUT2D eigenvalue weighted by molar-refractivity contribution is -0.120. The lowest BCUT2D eigenvalue weighted by atomic mass is 10.1. The highest BCUT2D eigenvalue weighted by Crippen LogP contribution is 2.10. The van der Waals surface area contributed by atoms with E-state index in [4.69, 9.17) is 0 Å². The van der Waals surface area contributed by atoms with Crippen LogP contribution in [0.5, 0.6) is 0 Å². The van der Waals surface area contributed by atoms with E-state index in [1.54, 1.807) is 29.9 Å². The highest BCUT2D eigenvalue weighted by Gasteiger charge is 2.05. The lowest BCUT2D eigenvalue weighted by Crippen LogP contribution is -2.24. The van der Waals surface area contributed by atoms with Gasteiger partial charge in [-0.3, -0.25) is 4.79 Å². The minimum atomic E-state index is -0.234. The average molecular weight is 323 g/mol. The summed E-state index contributed by atoms with van der Waals surface area (Å²) in [7, 11) is 0. The molecule has 3 aromatic rings. The number of nitrogens with one attached hydrogen (secondary N) is 1. The third-order valence-corrected chi connectivity index (χ3v) is 3.78. The number of carbonyl (C=O) groups excluding carboxylic acids is 1. The Balaban J connectivity index is 1.55. The molecular weight excluding hydrogens is 305 g/mol. The smallest absolute Gasteiger partial charge is 0.224 e. The molecule has 1 N–H and O–H groups in total. The Labute approximate surface area is 139 Å². The molecule has 0 aliphatic rings. The summed E-state index contributed by atoms with van der Waals surface area (Å²) in [5.74, 6) is -0.300. The Morgan fingerprint density at radius 1 is 1.17 bits per heavy atom. The van der Waals surface area contributed by atoms with Crippen molar-refractivity contribution in [2.24, 2.45) is 0 Å². The largest absolute Gasteiger partial charge is 0.352 e. The Bertz CT molecular complexity index is 826. The maximum absolute atomic E-state index is 13.2. The van der Waals surface area contributed by atoms with Crippen LogP contribution in [0.1, 0.15) is 16.7 Å². The molecule has 0 aliphatic heterocycles. The van der Waals surface area contributed by atoms with Gasteiger partial charge in [0.05, 0.1) is 12.1 Å². The van der Waals surface area contributed by atoms with Crippen LogP contribution in [0.25, 0.3) is 5.69 Å². The summed E-state index contributed by atoms with van der Waals surface area (Å²) in [6, 6.07) is 14.4. The summed E-state index contributed by atoms with van der Waals surface area (Å²) in [5.41, 5.74) is 3.34. The molecule has 0 unspecified atom stereocenters. The quantitative estimate of drug-likeness (QED) is 0.784. The van der Waals surface area contributed by atoms with Crippen molar-refractivity contribution in [1.29, 1.82) is 0 Å². The van der Waals surface area contributed by atoms with Gasteiger partial charge in [0.15, 0.2) is 0 Å².